The number of anilines is 1. The average Bonchev–Trinajstić information content (AvgIpc) is 2.17. The van der Waals surface area contributed by atoms with Crippen LogP contribution in [0.25, 0.3) is 0 Å². The monoisotopic (exact) mass is 361 g/mol. The zero-order chi connectivity index (χ0) is 13.2. The summed E-state index contributed by atoms with van der Waals surface area (Å²) in [6, 6.07) is 2.87. The maximum Gasteiger partial charge on any atom is 0.320 e. The summed E-state index contributed by atoms with van der Waals surface area (Å²) in [5, 5.41) is 8.55. The van der Waals surface area contributed by atoms with Gasteiger partial charge >= 0.3 is 5.97 Å². The summed E-state index contributed by atoms with van der Waals surface area (Å²) in [6.07, 6.45) is 0. The Morgan fingerprint density at radius 1 is 1.35 bits per heavy atom. The third-order valence-electron chi connectivity index (χ3n) is 1.61. The number of nitrogens with one attached hydrogen (secondary N) is 1. The number of halogens is 3. The van der Waals surface area contributed by atoms with E-state index in [4.69, 9.17) is 28.3 Å². The highest BCUT2D eigenvalue weighted by atomic mass is 79.9. The van der Waals surface area contributed by atoms with Crippen LogP contribution in [-0.4, -0.2) is 25.2 Å². The molecular weight excluding hydrogens is 357 g/mol. The second kappa shape index (κ2) is 5.43. The van der Waals surface area contributed by atoms with Crippen LogP contribution in [0.3, 0.4) is 0 Å². The zero-order valence-corrected chi connectivity index (χ0v) is 12.0. The van der Waals surface area contributed by atoms with Gasteiger partial charge in [-0.05, 0) is 28.1 Å². The molecule has 0 saturated heterocycles. The number of rotatable bonds is 4. The van der Waals surface area contributed by atoms with E-state index in [0.29, 0.717) is 4.47 Å². The van der Waals surface area contributed by atoms with Crippen molar-refractivity contribution in [2.24, 2.45) is 0 Å². The molecule has 0 spiro atoms. The second-order valence-electron chi connectivity index (χ2n) is 2.98. The Kier molecular flexibility index (Phi) is 4.65. The van der Waals surface area contributed by atoms with E-state index in [9.17, 15) is 13.2 Å². The van der Waals surface area contributed by atoms with Gasteiger partial charge in [-0.2, -0.15) is 0 Å². The van der Waals surface area contributed by atoms with E-state index in [1.807, 2.05) is 4.72 Å². The Hall–Kier alpha value is -0.500. The van der Waals surface area contributed by atoms with E-state index in [-0.39, 0.29) is 15.7 Å². The molecular formula is C8H6BrCl2NO4S. The van der Waals surface area contributed by atoms with Crippen LogP contribution >= 0.6 is 39.1 Å². The quantitative estimate of drug-likeness (QED) is 0.806. The van der Waals surface area contributed by atoms with Gasteiger partial charge in [0.1, 0.15) is 0 Å². The number of sulfonamides is 1. The Bertz CT molecular complexity index is 561. The molecule has 0 fully saturated rings. The Morgan fingerprint density at radius 3 is 2.47 bits per heavy atom. The van der Waals surface area contributed by atoms with Crippen molar-refractivity contribution in [3.05, 3.63) is 26.7 Å². The molecule has 9 heteroatoms. The molecule has 94 valence electrons. The highest BCUT2D eigenvalue weighted by molar-refractivity contribution is 9.10. The molecule has 1 rings (SSSR count). The van der Waals surface area contributed by atoms with Crippen LogP contribution in [0.15, 0.2) is 16.6 Å². The highest BCUT2D eigenvalue weighted by Crippen LogP contribution is 2.36. The summed E-state index contributed by atoms with van der Waals surface area (Å²) >= 11 is 14.7. The van der Waals surface area contributed by atoms with Crippen molar-refractivity contribution in [1.82, 2.24) is 0 Å². The van der Waals surface area contributed by atoms with Crippen molar-refractivity contribution in [3.63, 3.8) is 0 Å². The van der Waals surface area contributed by atoms with Gasteiger partial charge in [0.15, 0.2) is 5.75 Å². The molecule has 0 aliphatic carbocycles. The van der Waals surface area contributed by atoms with Crippen LogP contribution < -0.4 is 4.72 Å². The fourth-order valence-corrected chi connectivity index (χ4v) is 2.75. The maximum absolute atomic E-state index is 11.4. The molecule has 2 N–H and O–H groups in total. The summed E-state index contributed by atoms with van der Waals surface area (Å²) in [6.45, 7) is 0. The van der Waals surface area contributed by atoms with E-state index < -0.39 is 21.7 Å². The molecule has 0 saturated carbocycles. The van der Waals surface area contributed by atoms with Crippen LogP contribution in [0, 0.1) is 0 Å². The number of hydrogen-bond donors (Lipinski definition) is 2. The van der Waals surface area contributed by atoms with Crippen molar-refractivity contribution < 1.29 is 18.3 Å². The molecule has 0 radical (unpaired) electrons. The summed E-state index contributed by atoms with van der Waals surface area (Å²) < 4.78 is 25.3. The number of carboxylic acids is 1. The predicted molar refractivity (Wildman–Crippen MR) is 69.2 cm³/mol. The average molecular weight is 363 g/mol. The highest BCUT2D eigenvalue weighted by Gasteiger charge is 2.18. The third kappa shape index (κ3) is 4.02. The number of hydrogen-bond acceptors (Lipinski definition) is 3. The summed E-state index contributed by atoms with van der Waals surface area (Å²) in [7, 11) is -3.99. The van der Waals surface area contributed by atoms with Crippen LogP contribution in [0.2, 0.25) is 10.0 Å². The molecule has 1 aromatic carbocycles. The van der Waals surface area contributed by atoms with E-state index >= 15 is 0 Å². The van der Waals surface area contributed by atoms with Crippen molar-refractivity contribution in [3.8, 4) is 0 Å². The molecule has 0 heterocycles. The number of benzene rings is 1. The van der Waals surface area contributed by atoms with Gasteiger partial charge in [0.05, 0.1) is 15.7 Å². The molecule has 0 aliphatic heterocycles. The number of aliphatic carboxylic acids is 1. The minimum absolute atomic E-state index is 0.00462. The van der Waals surface area contributed by atoms with Gasteiger partial charge in [-0.1, -0.05) is 23.2 Å². The summed E-state index contributed by atoms with van der Waals surface area (Å²) in [5.41, 5.74) is 0.0288. The van der Waals surface area contributed by atoms with Crippen molar-refractivity contribution in [1.29, 1.82) is 0 Å². The topological polar surface area (TPSA) is 83.5 Å². The summed E-state index contributed by atoms with van der Waals surface area (Å²) in [5.74, 6) is -2.51. The Morgan fingerprint density at radius 2 is 1.94 bits per heavy atom. The molecule has 17 heavy (non-hydrogen) atoms. The standard InChI is InChI=1S/C8H6BrCl2NO4S/c9-4-1-2-5(8(11)7(4)10)12-17(15,16)3-6(13)14/h1-2,12H,3H2,(H,13,14). The summed E-state index contributed by atoms with van der Waals surface area (Å²) in [4.78, 5) is 10.3. The molecule has 0 bridgehead atoms. The van der Waals surface area contributed by atoms with E-state index in [1.165, 1.54) is 12.1 Å². The third-order valence-corrected chi connectivity index (χ3v) is 4.54. The van der Waals surface area contributed by atoms with E-state index in [0.717, 1.165) is 0 Å². The first kappa shape index (κ1) is 14.6. The molecule has 0 aliphatic rings. The minimum Gasteiger partial charge on any atom is -0.480 e. The van der Waals surface area contributed by atoms with Crippen molar-refractivity contribution >= 4 is 60.8 Å². The van der Waals surface area contributed by atoms with E-state index in [2.05, 4.69) is 15.9 Å². The van der Waals surface area contributed by atoms with Crippen molar-refractivity contribution in [2.75, 3.05) is 10.5 Å². The van der Waals surface area contributed by atoms with Gasteiger partial charge in [0.25, 0.3) is 0 Å². The van der Waals surface area contributed by atoms with Crippen LogP contribution in [-0.2, 0) is 14.8 Å². The van der Waals surface area contributed by atoms with Gasteiger partial charge in [0.2, 0.25) is 10.0 Å². The smallest absolute Gasteiger partial charge is 0.320 e. The fraction of sp³-hybridized carbons (Fsp3) is 0.125. The van der Waals surface area contributed by atoms with Crippen LogP contribution in [0.4, 0.5) is 5.69 Å². The van der Waals surface area contributed by atoms with Gasteiger partial charge < -0.3 is 5.11 Å². The lowest BCUT2D eigenvalue weighted by atomic mass is 10.3. The Balaban J connectivity index is 3.05. The lowest BCUT2D eigenvalue weighted by Crippen LogP contribution is -2.22. The molecule has 0 atom stereocenters. The van der Waals surface area contributed by atoms with Gasteiger partial charge in [-0.15, -0.1) is 0 Å². The predicted octanol–water partition coefficient (Wildman–Crippen LogP) is 2.58. The molecule has 5 nitrogen and oxygen atoms in total. The van der Waals surface area contributed by atoms with E-state index in [1.54, 1.807) is 0 Å². The number of carbonyl (C=O) groups is 1. The minimum atomic E-state index is -3.99. The molecule has 1 aromatic rings. The lowest BCUT2D eigenvalue weighted by Gasteiger charge is -2.09. The lowest BCUT2D eigenvalue weighted by molar-refractivity contribution is -0.134. The van der Waals surface area contributed by atoms with Crippen molar-refractivity contribution in [2.45, 2.75) is 0 Å². The van der Waals surface area contributed by atoms with Gasteiger partial charge in [0, 0.05) is 4.47 Å². The molecule has 0 amide bonds. The SMILES string of the molecule is O=C(O)CS(=O)(=O)Nc1ccc(Br)c(Cl)c1Cl. The zero-order valence-electron chi connectivity index (χ0n) is 8.08. The normalized spacial score (nSPS) is 11.2. The maximum atomic E-state index is 11.4. The second-order valence-corrected chi connectivity index (χ2v) is 6.31. The number of carboxylic acid groups (broad SMARTS) is 1. The van der Waals surface area contributed by atoms with Gasteiger partial charge in [-0.25, -0.2) is 8.42 Å². The molecule has 0 aromatic heterocycles. The largest absolute Gasteiger partial charge is 0.480 e. The first-order valence-electron chi connectivity index (χ1n) is 4.09. The first-order chi connectivity index (χ1) is 7.73. The van der Waals surface area contributed by atoms with Crippen LogP contribution in [0.1, 0.15) is 0 Å². The van der Waals surface area contributed by atoms with Crippen LogP contribution in [0.5, 0.6) is 0 Å². The fourth-order valence-electron chi connectivity index (χ4n) is 0.971. The first-order valence-corrected chi connectivity index (χ1v) is 7.29. The Labute approximate surface area is 116 Å². The molecule has 0 unspecified atom stereocenters. The van der Waals surface area contributed by atoms with Gasteiger partial charge in [-0.3, -0.25) is 9.52 Å².